The topological polar surface area (TPSA) is 78.0 Å². The third-order valence-corrected chi connectivity index (χ3v) is 3.80. The molecule has 0 bridgehead atoms. The van der Waals surface area contributed by atoms with E-state index in [0.717, 1.165) is 11.3 Å². The summed E-state index contributed by atoms with van der Waals surface area (Å²) in [6.07, 6.45) is 6.36. The first kappa shape index (κ1) is 16.6. The van der Waals surface area contributed by atoms with E-state index in [-0.39, 0.29) is 22.1 Å². The smallest absolute Gasteiger partial charge is 0.288 e. The van der Waals surface area contributed by atoms with Crippen molar-refractivity contribution < 1.29 is 9.72 Å². The molecule has 0 atom stereocenters. The first-order valence-corrected chi connectivity index (χ1v) is 7.69. The Kier molecular flexibility index (Phi) is 4.72. The summed E-state index contributed by atoms with van der Waals surface area (Å²) in [7, 11) is 0. The van der Waals surface area contributed by atoms with Crippen LogP contribution in [-0.4, -0.2) is 20.5 Å². The van der Waals surface area contributed by atoms with Gasteiger partial charge < -0.3 is 0 Å². The molecule has 0 aliphatic carbocycles. The van der Waals surface area contributed by atoms with Gasteiger partial charge in [-0.25, -0.2) is 4.68 Å². The van der Waals surface area contributed by atoms with Crippen LogP contribution in [0.5, 0.6) is 0 Å². The number of carbonyl (C=O) groups is 1. The molecule has 3 rings (SSSR count). The van der Waals surface area contributed by atoms with E-state index < -0.39 is 4.92 Å². The molecule has 25 heavy (non-hydrogen) atoms. The number of carbonyl (C=O) groups excluding carboxylic acids is 1. The summed E-state index contributed by atoms with van der Waals surface area (Å²) < 4.78 is 1.69. The zero-order chi connectivity index (χ0) is 17.8. The molecule has 1 heterocycles. The number of para-hydroxylation sites is 1. The SMILES string of the molecule is O=C(/C=C/c1cnn(-c2ccccc2)c1)c1ccc(Cl)c([N+](=O)[O-])c1. The Morgan fingerprint density at radius 3 is 2.68 bits per heavy atom. The van der Waals surface area contributed by atoms with Crippen LogP contribution in [-0.2, 0) is 0 Å². The lowest BCUT2D eigenvalue weighted by atomic mass is 10.1. The number of benzene rings is 2. The maximum atomic E-state index is 12.2. The van der Waals surface area contributed by atoms with Crippen LogP contribution in [0.3, 0.4) is 0 Å². The van der Waals surface area contributed by atoms with Crippen molar-refractivity contribution in [1.82, 2.24) is 9.78 Å². The Morgan fingerprint density at radius 1 is 1.20 bits per heavy atom. The Bertz CT molecular complexity index is 965. The van der Waals surface area contributed by atoms with Gasteiger partial charge in [-0.2, -0.15) is 5.10 Å². The first-order chi connectivity index (χ1) is 12.0. The minimum Gasteiger partial charge on any atom is -0.289 e. The third kappa shape index (κ3) is 3.81. The summed E-state index contributed by atoms with van der Waals surface area (Å²) in [4.78, 5) is 22.5. The molecule has 0 fully saturated rings. The number of aromatic nitrogens is 2. The Hall–Kier alpha value is -3.25. The molecule has 0 amide bonds. The second-order valence-corrected chi connectivity index (χ2v) is 5.58. The van der Waals surface area contributed by atoms with Gasteiger partial charge in [0.2, 0.25) is 0 Å². The van der Waals surface area contributed by atoms with Crippen LogP contribution < -0.4 is 0 Å². The standard InChI is InChI=1S/C18H12ClN3O3/c19-16-8-7-14(10-17(16)22(24)25)18(23)9-6-13-11-20-21(12-13)15-4-2-1-3-5-15/h1-12H/b9-6+. The van der Waals surface area contributed by atoms with Crippen molar-refractivity contribution >= 4 is 29.1 Å². The predicted octanol–water partition coefficient (Wildman–Crippen LogP) is 4.33. The van der Waals surface area contributed by atoms with Gasteiger partial charge in [-0.3, -0.25) is 14.9 Å². The lowest BCUT2D eigenvalue weighted by molar-refractivity contribution is -0.384. The van der Waals surface area contributed by atoms with E-state index in [1.807, 2.05) is 30.3 Å². The van der Waals surface area contributed by atoms with Crippen LogP contribution in [0.15, 0.2) is 67.0 Å². The van der Waals surface area contributed by atoms with E-state index in [2.05, 4.69) is 5.10 Å². The second-order valence-electron chi connectivity index (χ2n) is 5.17. The number of hydrogen-bond acceptors (Lipinski definition) is 4. The molecule has 2 aromatic carbocycles. The van der Waals surface area contributed by atoms with Crippen LogP contribution >= 0.6 is 11.6 Å². The molecular weight excluding hydrogens is 342 g/mol. The predicted molar refractivity (Wildman–Crippen MR) is 95.0 cm³/mol. The minimum atomic E-state index is -0.618. The number of halogens is 1. The molecule has 7 heteroatoms. The maximum absolute atomic E-state index is 12.2. The van der Waals surface area contributed by atoms with Gasteiger partial charge in [-0.15, -0.1) is 0 Å². The normalized spacial score (nSPS) is 10.9. The highest BCUT2D eigenvalue weighted by atomic mass is 35.5. The van der Waals surface area contributed by atoms with E-state index in [9.17, 15) is 14.9 Å². The summed E-state index contributed by atoms with van der Waals surface area (Å²) >= 11 is 5.75. The summed E-state index contributed by atoms with van der Waals surface area (Å²) in [6.45, 7) is 0. The fourth-order valence-electron chi connectivity index (χ4n) is 2.22. The van der Waals surface area contributed by atoms with Gasteiger partial charge in [0.1, 0.15) is 5.02 Å². The molecule has 1 aromatic heterocycles. The Labute approximate surface area is 148 Å². The summed E-state index contributed by atoms with van der Waals surface area (Å²) in [5, 5.41) is 15.1. The monoisotopic (exact) mass is 353 g/mol. The van der Waals surface area contributed by atoms with Gasteiger partial charge in [-0.05, 0) is 36.4 Å². The fourth-order valence-corrected chi connectivity index (χ4v) is 2.41. The first-order valence-electron chi connectivity index (χ1n) is 7.31. The molecule has 0 radical (unpaired) electrons. The molecule has 0 aliphatic rings. The zero-order valence-electron chi connectivity index (χ0n) is 12.9. The van der Waals surface area contributed by atoms with E-state index in [4.69, 9.17) is 11.6 Å². The van der Waals surface area contributed by atoms with E-state index in [1.54, 1.807) is 23.2 Å². The summed E-state index contributed by atoms with van der Waals surface area (Å²) in [6, 6.07) is 13.5. The highest BCUT2D eigenvalue weighted by molar-refractivity contribution is 6.32. The van der Waals surface area contributed by atoms with Crippen molar-refractivity contribution in [2.45, 2.75) is 0 Å². The highest BCUT2D eigenvalue weighted by Gasteiger charge is 2.15. The lowest BCUT2D eigenvalue weighted by Crippen LogP contribution is -1.97. The number of rotatable bonds is 5. The van der Waals surface area contributed by atoms with Crippen molar-refractivity contribution in [3.63, 3.8) is 0 Å². The maximum Gasteiger partial charge on any atom is 0.288 e. The number of ketones is 1. The van der Waals surface area contributed by atoms with Crippen molar-refractivity contribution in [1.29, 1.82) is 0 Å². The van der Waals surface area contributed by atoms with Crippen LogP contribution in [0.1, 0.15) is 15.9 Å². The molecule has 0 aliphatic heterocycles. The highest BCUT2D eigenvalue weighted by Crippen LogP contribution is 2.25. The van der Waals surface area contributed by atoms with E-state index in [1.165, 1.54) is 24.3 Å². The molecule has 3 aromatic rings. The average molecular weight is 354 g/mol. The molecule has 0 spiro atoms. The van der Waals surface area contributed by atoms with Gasteiger partial charge in [0.05, 0.1) is 16.8 Å². The average Bonchev–Trinajstić information content (AvgIpc) is 3.09. The molecular formula is C18H12ClN3O3. The van der Waals surface area contributed by atoms with Crippen LogP contribution in [0, 0.1) is 10.1 Å². The number of hydrogen-bond donors (Lipinski definition) is 0. The third-order valence-electron chi connectivity index (χ3n) is 3.48. The number of nitrogens with zero attached hydrogens (tertiary/aromatic N) is 3. The Balaban J connectivity index is 1.79. The molecule has 6 nitrogen and oxygen atoms in total. The van der Waals surface area contributed by atoms with E-state index in [0.29, 0.717) is 0 Å². The molecule has 0 saturated heterocycles. The molecule has 124 valence electrons. The zero-order valence-corrected chi connectivity index (χ0v) is 13.6. The number of nitro groups is 1. The molecule has 0 unspecified atom stereocenters. The summed E-state index contributed by atoms with van der Waals surface area (Å²) in [5.74, 6) is -0.354. The van der Waals surface area contributed by atoms with Crippen molar-refractivity contribution in [3.8, 4) is 5.69 Å². The molecule has 0 N–H and O–H groups in total. The van der Waals surface area contributed by atoms with Gasteiger partial charge in [0.25, 0.3) is 5.69 Å². The lowest BCUT2D eigenvalue weighted by Gasteiger charge is -1.99. The number of allylic oxidation sites excluding steroid dienone is 1. The van der Waals surface area contributed by atoms with Crippen molar-refractivity contribution in [2.75, 3.05) is 0 Å². The van der Waals surface area contributed by atoms with Gasteiger partial charge >= 0.3 is 0 Å². The number of nitro benzene ring substituents is 1. The van der Waals surface area contributed by atoms with Crippen LogP contribution in [0.4, 0.5) is 5.69 Å². The van der Waals surface area contributed by atoms with Gasteiger partial charge in [0, 0.05) is 23.4 Å². The van der Waals surface area contributed by atoms with Gasteiger partial charge in [-0.1, -0.05) is 29.8 Å². The second kappa shape index (κ2) is 7.11. The van der Waals surface area contributed by atoms with Crippen molar-refractivity contribution in [2.24, 2.45) is 0 Å². The Morgan fingerprint density at radius 2 is 1.96 bits per heavy atom. The quantitative estimate of drug-likeness (QED) is 0.296. The minimum absolute atomic E-state index is 0.00494. The molecule has 0 saturated carbocycles. The summed E-state index contributed by atoms with van der Waals surface area (Å²) in [5.41, 5.74) is 1.54. The fraction of sp³-hybridized carbons (Fsp3) is 0. The van der Waals surface area contributed by atoms with Crippen LogP contribution in [0.25, 0.3) is 11.8 Å². The van der Waals surface area contributed by atoms with E-state index >= 15 is 0 Å². The largest absolute Gasteiger partial charge is 0.289 e. The van der Waals surface area contributed by atoms with Crippen molar-refractivity contribution in [3.05, 3.63) is 93.3 Å². The van der Waals surface area contributed by atoms with Crippen LogP contribution in [0.2, 0.25) is 5.02 Å². The van der Waals surface area contributed by atoms with Gasteiger partial charge in [0.15, 0.2) is 5.78 Å².